The number of fused-ring (bicyclic) bond motifs is 2. The van der Waals surface area contributed by atoms with Crippen LogP contribution in [0.15, 0.2) is 53.4 Å². The van der Waals surface area contributed by atoms with Gasteiger partial charge in [-0.3, -0.25) is 19.3 Å². The molecule has 0 aliphatic carbocycles. The number of nitrogens with two attached hydrogens (primary N) is 1. The average molecular weight is 528 g/mol. The first-order valence-electron chi connectivity index (χ1n) is 10.9. The van der Waals surface area contributed by atoms with Crippen LogP contribution in [0.4, 0.5) is 5.13 Å². The third kappa shape index (κ3) is 4.18. The van der Waals surface area contributed by atoms with E-state index in [0.717, 1.165) is 21.9 Å². The molecule has 5 rings (SSSR count). The van der Waals surface area contributed by atoms with E-state index in [2.05, 4.69) is 15.6 Å². The van der Waals surface area contributed by atoms with Gasteiger partial charge in [0, 0.05) is 29.7 Å². The monoisotopic (exact) mass is 527 g/mol. The Balaban J connectivity index is 1.36. The molecule has 36 heavy (non-hydrogen) atoms. The zero-order valence-electron chi connectivity index (χ0n) is 18.9. The Bertz CT molecular complexity index is 1430. The van der Waals surface area contributed by atoms with Gasteiger partial charge in [0.2, 0.25) is 11.8 Å². The summed E-state index contributed by atoms with van der Waals surface area (Å²) in [5.74, 6) is -2.79. The van der Waals surface area contributed by atoms with Crippen LogP contribution in [0.25, 0.3) is 5.65 Å². The Morgan fingerprint density at radius 3 is 2.83 bits per heavy atom. The number of thioether (sulfide) groups is 1. The van der Waals surface area contributed by atoms with E-state index >= 15 is 0 Å². The van der Waals surface area contributed by atoms with Crippen LogP contribution >= 0.6 is 23.1 Å². The number of carboxylic acid groups (broad SMARTS) is 1. The van der Waals surface area contributed by atoms with E-state index < -0.39 is 41.1 Å². The Labute approximate surface area is 212 Å². The van der Waals surface area contributed by atoms with E-state index in [4.69, 9.17) is 5.73 Å². The first-order valence-corrected chi connectivity index (χ1v) is 12.8. The zero-order valence-corrected chi connectivity index (χ0v) is 20.5. The molecule has 1 fully saturated rings. The van der Waals surface area contributed by atoms with Crippen LogP contribution in [-0.2, 0) is 25.7 Å². The summed E-state index contributed by atoms with van der Waals surface area (Å²) in [4.78, 5) is 55.0. The van der Waals surface area contributed by atoms with Crippen molar-refractivity contribution in [3.05, 3.63) is 59.1 Å². The summed E-state index contributed by atoms with van der Waals surface area (Å²) in [6.45, 7) is 1.52. The number of amides is 3. The molecule has 3 aromatic heterocycles. The lowest BCUT2D eigenvalue weighted by atomic mass is 10.0. The van der Waals surface area contributed by atoms with E-state index in [1.54, 1.807) is 5.38 Å². The van der Waals surface area contributed by atoms with Crippen LogP contribution in [0.5, 0.6) is 0 Å². The van der Waals surface area contributed by atoms with Gasteiger partial charge in [-0.1, -0.05) is 6.07 Å². The number of imidazole rings is 1. The summed E-state index contributed by atoms with van der Waals surface area (Å²) in [6.07, 6.45) is 5.57. The van der Waals surface area contributed by atoms with Crippen LogP contribution in [0.1, 0.15) is 18.7 Å². The number of rotatable bonds is 7. The van der Waals surface area contributed by atoms with Crippen molar-refractivity contribution in [2.75, 3.05) is 11.5 Å². The fourth-order valence-electron chi connectivity index (χ4n) is 4.32. The molecule has 186 valence electrons. The Kier molecular flexibility index (Phi) is 6.14. The molecule has 1 saturated heterocycles. The summed E-state index contributed by atoms with van der Waals surface area (Å²) in [7, 11) is 0. The Morgan fingerprint density at radius 2 is 2.14 bits per heavy atom. The number of thiazole rings is 1. The number of pyridine rings is 1. The molecule has 5 heterocycles. The average Bonchev–Trinajstić information content (AvgIpc) is 3.46. The molecule has 3 aromatic rings. The number of hydrogen-bond donors (Lipinski definition) is 3. The Hall–Kier alpha value is -3.91. The number of anilines is 1. The number of nitrogens with one attached hydrogen (secondary N) is 2. The van der Waals surface area contributed by atoms with Crippen molar-refractivity contribution in [3.8, 4) is 0 Å². The van der Waals surface area contributed by atoms with Crippen LogP contribution in [0.2, 0.25) is 0 Å². The number of carboxylic acids is 1. The molecule has 4 N–H and O–H groups in total. The van der Waals surface area contributed by atoms with Crippen molar-refractivity contribution in [2.24, 2.45) is 0 Å². The molecule has 0 bridgehead atoms. The summed E-state index contributed by atoms with van der Waals surface area (Å²) >= 11 is 2.46. The zero-order chi connectivity index (χ0) is 25.6. The first-order chi connectivity index (χ1) is 17.2. The highest BCUT2D eigenvalue weighted by atomic mass is 32.2. The molecule has 12 nitrogen and oxygen atoms in total. The van der Waals surface area contributed by atoms with Gasteiger partial charge in [0.15, 0.2) is 11.2 Å². The summed E-state index contributed by atoms with van der Waals surface area (Å²) in [5, 5.41) is 18.4. The summed E-state index contributed by atoms with van der Waals surface area (Å²) in [5.41, 5.74) is 7.13. The topological polar surface area (TPSA) is 167 Å². The van der Waals surface area contributed by atoms with Gasteiger partial charge in [-0.15, -0.1) is 23.1 Å². The third-order valence-corrected chi connectivity index (χ3v) is 7.95. The minimum absolute atomic E-state index is 0.178. The predicted octanol–water partition coefficient (Wildman–Crippen LogP) is -1.45. The number of carbonyl (C=O) groups excluding carboxylic acids is 4. The SMILES string of the molecule is CC(=O)NC(C(=O)N[C@@H]1C(=O)N2C(C(=O)[O-])=C(Cn3cc[n+]4ccccc34)CS[C@H]12)c1csc(N)n1. The van der Waals surface area contributed by atoms with Crippen molar-refractivity contribution in [1.82, 2.24) is 25.1 Å². The molecule has 3 atom stereocenters. The number of nitrogens with zero attached hydrogens (tertiary/aromatic N) is 4. The molecule has 0 saturated carbocycles. The third-order valence-electron chi connectivity index (χ3n) is 5.91. The highest BCUT2D eigenvalue weighted by Gasteiger charge is 2.53. The van der Waals surface area contributed by atoms with Gasteiger partial charge >= 0.3 is 0 Å². The lowest BCUT2D eigenvalue weighted by molar-refractivity contribution is -0.510. The van der Waals surface area contributed by atoms with Gasteiger partial charge in [-0.25, -0.2) is 14.0 Å². The van der Waals surface area contributed by atoms with Crippen molar-refractivity contribution >= 4 is 57.6 Å². The van der Waals surface area contributed by atoms with Crippen LogP contribution in [0, 0.1) is 0 Å². The number of aliphatic carboxylic acids is 1. The van der Waals surface area contributed by atoms with Crippen molar-refractivity contribution in [1.29, 1.82) is 0 Å². The summed E-state index contributed by atoms with van der Waals surface area (Å²) in [6, 6.07) is 3.56. The maximum absolute atomic E-state index is 13.0. The molecule has 2 aliphatic rings. The number of nitrogen functional groups attached to an aromatic ring is 1. The largest absolute Gasteiger partial charge is 0.543 e. The van der Waals surface area contributed by atoms with Crippen molar-refractivity contribution in [3.63, 3.8) is 0 Å². The van der Waals surface area contributed by atoms with Crippen molar-refractivity contribution < 1.29 is 28.7 Å². The number of aromatic nitrogens is 3. The number of carbonyl (C=O) groups is 4. The lowest BCUT2D eigenvalue weighted by Gasteiger charge is -2.50. The van der Waals surface area contributed by atoms with Crippen molar-refractivity contribution in [2.45, 2.75) is 30.9 Å². The van der Waals surface area contributed by atoms with Gasteiger partial charge < -0.3 is 26.3 Å². The molecule has 0 spiro atoms. The second-order valence-electron chi connectivity index (χ2n) is 8.27. The second kappa shape index (κ2) is 9.28. The number of β-lactam (4-membered cyclic amide) rings is 1. The molecule has 0 radical (unpaired) electrons. The van der Waals surface area contributed by atoms with Crippen LogP contribution in [-0.4, -0.2) is 55.3 Å². The first kappa shape index (κ1) is 23.8. The maximum Gasteiger partial charge on any atom is 0.286 e. The van der Waals surface area contributed by atoms with E-state index in [1.807, 2.05) is 45.8 Å². The fraction of sp³-hybridized carbons (Fsp3) is 0.273. The highest BCUT2D eigenvalue weighted by molar-refractivity contribution is 8.00. The predicted molar refractivity (Wildman–Crippen MR) is 128 cm³/mol. The van der Waals surface area contributed by atoms with E-state index in [0.29, 0.717) is 11.3 Å². The van der Waals surface area contributed by atoms with Gasteiger partial charge in [-0.2, -0.15) is 0 Å². The minimum Gasteiger partial charge on any atom is -0.543 e. The number of hydrogen-bond acceptors (Lipinski definition) is 9. The molecule has 1 unspecified atom stereocenters. The maximum atomic E-state index is 13.0. The standard InChI is InChI=1S/C22H21N7O5S2/c1-11(30)24-15(13-10-36-22(23)25-13)18(31)26-16-19(32)29-17(21(33)34)12(9-35-20(16)29)8-28-7-6-27-5-3-2-4-14(27)28/h2-7,10,15-16,20H,8-9H2,1H3,(H4-,23,24,25,26,30,31,33,34)/t15?,16-,20-/m1/s1. The van der Waals surface area contributed by atoms with E-state index in [9.17, 15) is 24.3 Å². The molecule has 2 aliphatic heterocycles. The van der Waals surface area contributed by atoms with Gasteiger partial charge in [0.1, 0.15) is 30.4 Å². The molecule has 0 aromatic carbocycles. The quantitative estimate of drug-likeness (QED) is 0.248. The highest BCUT2D eigenvalue weighted by Crippen LogP contribution is 2.40. The van der Waals surface area contributed by atoms with Gasteiger partial charge in [0.05, 0.1) is 23.6 Å². The summed E-state index contributed by atoms with van der Waals surface area (Å²) < 4.78 is 3.79. The molecular weight excluding hydrogens is 506 g/mol. The Morgan fingerprint density at radius 1 is 1.33 bits per heavy atom. The van der Waals surface area contributed by atoms with Crippen LogP contribution < -0.4 is 25.9 Å². The normalized spacial score (nSPS) is 20.0. The van der Waals surface area contributed by atoms with Gasteiger partial charge in [-0.05, 0) is 6.07 Å². The minimum atomic E-state index is -1.45. The molecule has 3 amide bonds. The lowest BCUT2D eigenvalue weighted by Crippen LogP contribution is -2.71. The molecular formula is C22H21N7O5S2. The molecule has 14 heteroatoms. The van der Waals surface area contributed by atoms with E-state index in [-0.39, 0.29) is 23.1 Å². The van der Waals surface area contributed by atoms with Gasteiger partial charge in [0.25, 0.3) is 11.6 Å². The second-order valence-corrected chi connectivity index (χ2v) is 10.3. The van der Waals surface area contributed by atoms with E-state index in [1.165, 1.54) is 18.7 Å². The smallest absolute Gasteiger partial charge is 0.286 e. The fourth-order valence-corrected chi connectivity index (χ4v) is 6.25. The van der Waals surface area contributed by atoms with Crippen LogP contribution in [0.3, 0.4) is 0 Å².